The number of benzene rings is 3. The summed E-state index contributed by atoms with van der Waals surface area (Å²) in [5.74, 6) is 1.22. The smallest absolute Gasteiger partial charge is 0.232 e. The summed E-state index contributed by atoms with van der Waals surface area (Å²) in [6.07, 6.45) is 0.669. The van der Waals surface area contributed by atoms with E-state index in [0.717, 1.165) is 23.1 Å². The molecule has 0 aromatic heterocycles. The molecule has 0 amide bonds. The maximum atomic E-state index is 11.8. The summed E-state index contributed by atoms with van der Waals surface area (Å²) in [6, 6.07) is 24.4. The van der Waals surface area contributed by atoms with E-state index in [2.05, 4.69) is 0 Å². The van der Waals surface area contributed by atoms with Crippen molar-refractivity contribution in [2.75, 3.05) is 33.2 Å². The Balaban J connectivity index is 0.000000440. The lowest BCUT2D eigenvalue weighted by Gasteiger charge is -2.37. The Kier molecular flexibility index (Phi) is 12.4. The van der Waals surface area contributed by atoms with Crippen LogP contribution in [-0.2, 0) is 28.9 Å². The minimum atomic E-state index is -3.74. The maximum absolute atomic E-state index is 11.8. The molecule has 3 aromatic carbocycles. The molecule has 1 N–H and O–H groups in total. The van der Waals surface area contributed by atoms with Crippen LogP contribution >= 0.6 is 10.7 Å². The van der Waals surface area contributed by atoms with E-state index in [0.29, 0.717) is 23.8 Å². The van der Waals surface area contributed by atoms with Gasteiger partial charge in [0, 0.05) is 28.6 Å². The second-order valence-corrected chi connectivity index (χ2v) is 14.2. The topological polar surface area (TPSA) is 101 Å². The highest BCUT2D eigenvalue weighted by molar-refractivity contribution is 8.13. The van der Waals surface area contributed by atoms with Crippen LogP contribution < -0.4 is 9.47 Å². The van der Waals surface area contributed by atoms with Crippen LogP contribution in [0.2, 0.25) is 0 Å². The van der Waals surface area contributed by atoms with Gasteiger partial charge in [-0.05, 0) is 59.7 Å². The molecule has 45 heavy (non-hydrogen) atoms. The van der Waals surface area contributed by atoms with Gasteiger partial charge in [0.2, 0.25) is 9.05 Å². The Morgan fingerprint density at radius 1 is 0.822 bits per heavy atom. The summed E-state index contributed by atoms with van der Waals surface area (Å²) in [5, 5.41) is 8.67. The third-order valence-corrected chi connectivity index (χ3v) is 9.43. The van der Waals surface area contributed by atoms with Gasteiger partial charge in [-0.2, -0.15) is 0 Å². The van der Waals surface area contributed by atoms with E-state index in [9.17, 15) is 8.42 Å². The van der Waals surface area contributed by atoms with Gasteiger partial charge in [-0.15, -0.1) is 0 Å². The number of aliphatic hydroxyl groups excluding tert-OH is 1. The van der Waals surface area contributed by atoms with Gasteiger partial charge in [-0.25, -0.2) is 8.42 Å². The molecule has 0 aliphatic carbocycles. The van der Waals surface area contributed by atoms with Crippen LogP contribution in [0.4, 0.5) is 0 Å². The zero-order valence-electron chi connectivity index (χ0n) is 25.8. The number of aliphatic hydroxyl groups is 1. The molecule has 0 spiro atoms. The van der Waals surface area contributed by atoms with Crippen LogP contribution in [0.3, 0.4) is 0 Å². The molecular formula is C33H39B2ClO8S. The number of hydrogen-bond donors (Lipinski definition) is 1. The van der Waals surface area contributed by atoms with Crippen molar-refractivity contribution in [1.82, 2.24) is 0 Å². The fourth-order valence-corrected chi connectivity index (χ4v) is 7.23. The first-order valence-electron chi connectivity index (χ1n) is 14.8. The Morgan fingerprint density at radius 3 is 1.73 bits per heavy atom. The molecule has 0 saturated carbocycles. The van der Waals surface area contributed by atoms with E-state index in [1.54, 1.807) is 14.2 Å². The highest BCUT2D eigenvalue weighted by Gasteiger charge is 2.42. The Hall–Kier alpha value is -2.53. The average molecular weight is 653 g/mol. The molecule has 8 nitrogen and oxygen atoms in total. The average Bonchev–Trinajstić information content (AvgIpc) is 3.56. The molecule has 238 valence electrons. The van der Waals surface area contributed by atoms with Crippen molar-refractivity contribution in [2.45, 2.75) is 49.6 Å². The maximum Gasteiger partial charge on any atom is 0.232 e. The van der Waals surface area contributed by atoms with Crippen LogP contribution in [0, 0.1) is 11.8 Å². The van der Waals surface area contributed by atoms with E-state index >= 15 is 0 Å². The Morgan fingerprint density at radius 2 is 1.31 bits per heavy atom. The van der Waals surface area contributed by atoms with Crippen LogP contribution in [0.25, 0.3) is 0 Å². The van der Waals surface area contributed by atoms with Crippen molar-refractivity contribution >= 4 is 35.4 Å². The van der Waals surface area contributed by atoms with E-state index < -0.39 is 26.8 Å². The van der Waals surface area contributed by atoms with Gasteiger partial charge in [0.15, 0.2) is 0 Å². The van der Waals surface area contributed by atoms with Gasteiger partial charge in [-0.3, -0.25) is 0 Å². The van der Waals surface area contributed by atoms with Gasteiger partial charge >= 0.3 is 0 Å². The number of halogens is 1. The third kappa shape index (κ3) is 9.05. The first-order chi connectivity index (χ1) is 21.5. The van der Waals surface area contributed by atoms with E-state index in [4.69, 9.17) is 55.2 Å². The summed E-state index contributed by atoms with van der Waals surface area (Å²) in [6.45, 7) is 2.22. The monoisotopic (exact) mass is 652 g/mol. The van der Waals surface area contributed by atoms with Gasteiger partial charge in [0.25, 0.3) is 0 Å². The minimum Gasteiger partial charge on any atom is -0.497 e. The molecule has 2 saturated heterocycles. The highest BCUT2D eigenvalue weighted by Crippen LogP contribution is 2.42. The molecular weight excluding hydrogens is 613 g/mol. The normalized spacial score (nSPS) is 24.9. The SMILES string of the molecule is [B]C1CC(C)C(CO)O1.[B]C1CC(CS(=O)(=O)Cl)C(COC(c2ccccc2)(c2ccc(OC)cc2)c2ccc(OC)cc2)O1. The first kappa shape index (κ1) is 35.3. The van der Waals surface area contributed by atoms with Crippen molar-refractivity contribution in [3.05, 3.63) is 95.6 Å². The number of hydrogen-bond acceptors (Lipinski definition) is 8. The van der Waals surface area contributed by atoms with Crippen LogP contribution in [0.15, 0.2) is 78.9 Å². The van der Waals surface area contributed by atoms with Gasteiger partial charge in [-0.1, -0.05) is 61.5 Å². The zero-order valence-corrected chi connectivity index (χ0v) is 27.3. The molecule has 4 radical (unpaired) electrons. The largest absolute Gasteiger partial charge is 0.497 e. The standard InChI is InChI=1S/C27H28BClO6S.C6H11BO2/c1-32-23-12-8-21(9-13-23)27(20-6-4-3-5-7-20,22-10-14-24(33-2)15-11-22)34-17-25-19(16-26(28)35-25)18-36(29,30)31;1-4-2-6(7)9-5(4)3-8/h3-15,19,25-26H,16-18H2,1-2H3;4-6,8H,2-3H2,1H3. The lowest BCUT2D eigenvalue weighted by Crippen LogP contribution is -2.37. The van der Waals surface area contributed by atoms with Crippen molar-refractivity contribution in [1.29, 1.82) is 0 Å². The summed E-state index contributed by atoms with van der Waals surface area (Å²) >= 11 is 0. The molecule has 2 heterocycles. The van der Waals surface area contributed by atoms with Crippen molar-refractivity contribution in [3.8, 4) is 11.5 Å². The minimum absolute atomic E-state index is 0.0278. The fraction of sp³-hybridized carbons (Fsp3) is 0.455. The number of methoxy groups -OCH3 is 2. The Labute approximate surface area is 273 Å². The summed E-state index contributed by atoms with van der Waals surface area (Å²) < 4.78 is 52.3. The number of rotatable bonds is 11. The molecule has 12 heteroatoms. The molecule has 2 fully saturated rings. The van der Waals surface area contributed by atoms with E-state index in [1.807, 2.05) is 85.8 Å². The molecule has 6 unspecified atom stereocenters. The summed E-state index contributed by atoms with van der Waals surface area (Å²) in [5.41, 5.74) is 1.58. The predicted octanol–water partition coefficient (Wildman–Crippen LogP) is 4.38. The fourth-order valence-electron chi connectivity index (χ4n) is 5.88. The van der Waals surface area contributed by atoms with Crippen molar-refractivity contribution in [3.63, 3.8) is 0 Å². The summed E-state index contributed by atoms with van der Waals surface area (Å²) in [4.78, 5) is 0. The number of ether oxygens (including phenoxy) is 5. The molecule has 2 aliphatic rings. The van der Waals surface area contributed by atoms with Crippen molar-refractivity contribution in [2.24, 2.45) is 11.8 Å². The molecule has 6 atom stereocenters. The second-order valence-electron chi connectivity index (χ2n) is 11.3. The van der Waals surface area contributed by atoms with Crippen LogP contribution in [-0.4, -0.2) is 86.6 Å². The molecule has 3 aromatic rings. The molecule has 5 rings (SSSR count). The van der Waals surface area contributed by atoms with E-state index in [1.165, 1.54) is 0 Å². The predicted molar refractivity (Wildman–Crippen MR) is 176 cm³/mol. The quantitative estimate of drug-likeness (QED) is 0.185. The Bertz CT molecular complexity index is 1400. The lowest BCUT2D eigenvalue weighted by atomic mass is 9.80. The molecule has 2 aliphatic heterocycles. The highest BCUT2D eigenvalue weighted by atomic mass is 35.7. The third-order valence-electron chi connectivity index (χ3n) is 8.23. The van der Waals surface area contributed by atoms with Gasteiger partial charge in [0.1, 0.15) is 32.8 Å². The van der Waals surface area contributed by atoms with Crippen LogP contribution in [0.1, 0.15) is 36.5 Å². The van der Waals surface area contributed by atoms with E-state index in [-0.39, 0.29) is 37.0 Å². The van der Waals surface area contributed by atoms with Gasteiger partial charge < -0.3 is 28.8 Å². The summed E-state index contributed by atoms with van der Waals surface area (Å²) in [7, 11) is 16.6. The zero-order chi connectivity index (χ0) is 32.6. The van der Waals surface area contributed by atoms with Gasteiger partial charge in [0.05, 0.1) is 45.4 Å². The lowest BCUT2D eigenvalue weighted by molar-refractivity contribution is -0.0585. The van der Waals surface area contributed by atoms with Crippen LogP contribution in [0.5, 0.6) is 11.5 Å². The molecule has 0 bridgehead atoms. The first-order valence-corrected chi connectivity index (χ1v) is 17.3. The second kappa shape index (κ2) is 15.8. The van der Waals surface area contributed by atoms with Crippen molar-refractivity contribution < 1.29 is 37.2 Å².